The van der Waals surface area contributed by atoms with E-state index in [4.69, 9.17) is 8.83 Å². The average molecular weight is 643 g/mol. The minimum atomic E-state index is 0.773. The molecule has 0 aliphatic heterocycles. The number of hydrogen-bond donors (Lipinski definition) is 0. The van der Waals surface area contributed by atoms with E-state index in [1.54, 1.807) is 0 Å². The Morgan fingerprint density at radius 1 is 0.347 bits per heavy atom. The van der Waals surface area contributed by atoms with Gasteiger partial charge in [0.05, 0.1) is 0 Å². The third kappa shape index (κ3) is 3.88. The Hall–Kier alpha value is -6.16. The van der Waals surface area contributed by atoms with Crippen LogP contribution in [0.4, 0.5) is 0 Å². The van der Waals surface area contributed by atoms with Gasteiger partial charge < -0.3 is 8.83 Å². The summed E-state index contributed by atoms with van der Waals surface area (Å²) in [5, 5.41) is 10.7. The van der Waals surface area contributed by atoms with Crippen LogP contribution in [0.5, 0.6) is 0 Å². The van der Waals surface area contributed by atoms with Gasteiger partial charge in [0.2, 0.25) is 0 Å². The van der Waals surface area contributed by atoms with Gasteiger partial charge in [-0.15, -0.1) is 11.3 Å². The number of fused-ring (bicyclic) bond motifs is 10. The van der Waals surface area contributed by atoms with Crippen LogP contribution in [-0.2, 0) is 0 Å². The number of benzene rings is 8. The maximum Gasteiger partial charge on any atom is 0.178 e. The van der Waals surface area contributed by atoms with E-state index in [1.165, 1.54) is 58.4 Å². The summed E-state index contributed by atoms with van der Waals surface area (Å²) < 4.78 is 15.9. The van der Waals surface area contributed by atoms with E-state index in [9.17, 15) is 0 Å². The first-order valence-electron chi connectivity index (χ1n) is 16.6. The monoisotopic (exact) mass is 642 g/mol. The lowest BCUT2D eigenvalue weighted by Gasteiger charge is -2.18. The zero-order valence-corrected chi connectivity index (χ0v) is 27.1. The fourth-order valence-electron chi connectivity index (χ4n) is 7.92. The van der Waals surface area contributed by atoms with E-state index < -0.39 is 0 Å². The lowest BCUT2D eigenvalue weighted by atomic mass is 9.84. The van der Waals surface area contributed by atoms with Crippen molar-refractivity contribution >= 4 is 86.0 Å². The molecule has 0 aliphatic carbocycles. The molecule has 0 amide bonds. The van der Waals surface area contributed by atoms with Gasteiger partial charge >= 0.3 is 0 Å². The van der Waals surface area contributed by atoms with E-state index in [1.807, 2.05) is 29.5 Å². The Morgan fingerprint density at radius 3 is 1.69 bits per heavy atom. The maximum atomic E-state index is 6.75. The van der Waals surface area contributed by atoms with Crippen LogP contribution in [0.3, 0.4) is 0 Å². The van der Waals surface area contributed by atoms with Crippen molar-refractivity contribution in [3.8, 4) is 33.6 Å². The van der Waals surface area contributed by atoms with Gasteiger partial charge in [0.15, 0.2) is 11.2 Å². The third-order valence-electron chi connectivity index (χ3n) is 10.1. The highest BCUT2D eigenvalue weighted by Gasteiger charge is 2.23. The average Bonchev–Trinajstić information content (AvgIpc) is 3.87. The van der Waals surface area contributed by atoms with Gasteiger partial charge in [-0.1, -0.05) is 127 Å². The smallest absolute Gasteiger partial charge is 0.178 e. The highest BCUT2D eigenvalue weighted by Crippen LogP contribution is 2.49. The summed E-state index contributed by atoms with van der Waals surface area (Å²) in [4.78, 5) is 0. The zero-order valence-electron chi connectivity index (χ0n) is 26.2. The predicted octanol–water partition coefficient (Wildman–Crippen LogP) is 14.0. The Morgan fingerprint density at radius 2 is 0.939 bits per heavy atom. The van der Waals surface area contributed by atoms with Crippen molar-refractivity contribution < 1.29 is 8.83 Å². The van der Waals surface area contributed by atoms with Crippen LogP contribution in [0.25, 0.3) is 108 Å². The summed E-state index contributed by atoms with van der Waals surface area (Å²) in [6.07, 6.45) is 0. The molecule has 2 nitrogen and oxygen atoms in total. The Kier molecular flexibility index (Phi) is 5.57. The highest BCUT2D eigenvalue weighted by molar-refractivity contribution is 7.25. The van der Waals surface area contributed by atoms with Crippen LogP contribution in [0.2, 0.25) is 0 Å². The molecule has 0 fully saturated rings. The molecule has 0 aliphatic rings. The number of hydrogen-bond acceptors (Lipinski definition) is 3. The molecule has 49 heavy (non-hydrogen) atoms. The van der Waals surface area contributed by atoms with Gasteiger partial charge in [-0.05, 0) is 74.1 Å². The zero-order chi connectivity index (χ0) is 32.1. The van der Waals surface area contributed by atoms with E-state index in [2.05, 4.69) is 140 Å². The van der Waals surface area contributed by atoms with Crippen LogP contribution < -0.4 is 0 Å². The summed E-state index contributed by atoms with van der Waals surface area (Å²) in [7, 11) is 0. The second kappa shape index (κ2) is 10.2. The second-order valence-corrected chi connectivity index (χ2v) is 13.9. The quantitative estimate of drug-likeness (QED) is 0.179. The van der Waals surface area contributed by atoms with Gasteiger partial charge in [-0.3, -0.25) is 0 Å². The molecule has 0 saturated carbocycles. The Balaban J connectivity index is 1.27. The molecule has 0 saturated heterocycles. The highest BCUT2D eigenvalue weighted by atomic mass is 32.1. The maximum absolute atomic E-state index is 6.75. The van der Waals surface area contributed by atoms with Gasteiger partial charge in [0.25, 0.3) is 0 Å². The summed E-state index contributed by atoms with van der Waals surface area (Å²) in [5.41, 5.74) is 8.28. The minimum absolute atomic E-state index is 0.773. The van der Waals surface area contributed by atoms with E-state index in [0.29, 0.717) is 0 Å². The minimum Gasteiger partial charge on any atom is -0.452 e. The number of para-hydroxylation sites is 1. The standard InChI is InChI=1S/C46H26O2S/c1-2-12-27(13-3-1)40-26-38-36(25-37-29-14-8-10-20-39(29)47-45(37)46(38)48-40)44-34-18-6-4-16-32(34)43(33-17-5-7-19-35(33)44)28-22-23-31-30-15-9-11-21-41(30)49-42(31)24-28/h1-26H. The van der Waals surface area contributed by atoms with E-state index in [0.717, 1.165) is 49.8 Å². The van der Waals surface area contributed by atoms with Gasteiger partial charge in [0, 0.05) is 41.9 Å². The fourth-order valence-corrected chi connectivity index (χ4v) is 9.07. The first kappa shape index (κ1) is 26.9. The van der Waals surface area contributed by atoms with Crippen molar-refractivity contribution in [2.45, 2.75) is 0 Å². The summed E-state index contributed by atoms with van der Waals surface area (Å²) in [5.74, 6) is 0.826. The fraction of sp³-hybridized carbons (Fsp3) is 0. The normalized spacial score (nSPS) is 12.1. The molecule has 0 atom stereocenters. The molecular formula is C46H26O2S. The van der Waals surface area contributed by atoms with Crippen molar-refractivity contribution in [1.29, 1.82) is 0 Å². The van der Waals surface area contributed by atoms with Gasteiger partial charge in [-0.2, -0.15) is 0 Å². The van der Waals surface area contributed by atoms with E-state index in [-0.39, 0.29) is 0 Å². The Labute approximate surface area is 285 Å². The van der Waals surface area contributed by atoms with Crippen molar-refractivity contribution in [1.82, 2.24) is 0 Å². The molecule has 8 aromatic carbocycles. The molecule has 228 valence electrons. The predicted molar refractivity (Wildman–Crippen MR) is 208 cm³/mol. The molecule has 3 heterocycles. The van der Waals surface area contributed by atoms with Crippen molar-refractivity contribution in [2.24, 2.45) is 0 Å². The summed E-state index contributed by atoms with van der Waals surface area (Å²) >= 11 is 1.87. The van der Waals surface area contributed by atoms with Crippen LogP contribution in [0, 0.1) is 0 Å². The first-order chi connectivity index (χ1) is 24.3. The molecule has 0 radical (unpaired) electrons. The van der Waals surface area contributed by atoms with Crippen molar-refractivity contribution in [3.63, 3.8) is 0 Å². The summed E-state index contributed by atoms with van der Waals surface area (Å²) in [6, 6.07) is 56.6. The van der Waals surface area contributed by atoms with Crippen molar-refractivity contribution in [3.05, 3.63) is 158 Å². The molecule has 11 rings (SSSR count). The molecular weight excluding hydrogens is 617 g/mol. The lowest BCUT2D eigenvalue weighted by molar-refractivity contribution is 0.611. The third-order valence-corrected chi connectivity index (χ3v) is 11.2. The molecule has 0 N–H and O–H groups in total. The van der Waals surface area contributed by atoms with Gasteiger partial charge in [-0.25, -0.2) is 0 Å². The molecule has 0 unspecified atom stereocenters. The lowest BCUT2D eigenvalue weighted by Crippen LogP contribution is -1.91. The number of furan rings is 2. The second-order valence-electron chi connectivity index (χ2n) is 12.8. The molecule has 3 aromatic heterocycles. The molecule has 0 bridgehead atoms. The van der Waals surface area contributed by atoms with Crippen molar-refractivity contribution in [2.75, 3.05) is 0 Å². The first-order valence-corrected chi connectivity index (χ1v) is 17.4. The van der Waals surface area contributed by atoms with Crippen LogP contribution in [0.1, 0.15) is 0 Å². The van der Waals surface area contributed by atoms with Crippen LogP contribution >= 0.6 is 11.3 Å². The largest absolute Gasteiger partial charge is 0.452 e. The topological polar surface area (TPSA) is 26.3 Å². The molecule has 11 aromatic rings. The van der Waals surface area contributed by atoms with Gasteiger partial charge in [0.1, 0.15) is 11.3 Å². The number of rotatable bonds is 3. The van der Waals surface area contributed by atoms with E-state index >= 15 is 0 Å². The SMILES string of the molecule is c1ccc(-c2cc3c(-c4c5ccccc5c(-c5ccc6c(c5)sc5ccccc56)c5ccccc45)cc4c5ccccc5oc4c3o2)cc1. The molecule has 0 spiro atoms. The van der Waals surface area contributed by atoms with Crippen LogP contribution in [0.15, 0.2) is 167 Å². The molecule has 3 heteroatoms. The number of thiophene rings is 1. The summed E-state index contributed by atoms with van der Waals surface area (Å²) in [6.45, 7) is 0. The van der Waals surface area contributed by atoms with Crippen LogP contribution in [-0.4, -0.2) is 0 Å². The Bertz CT molecular complexity index is 3050.